The Labute approximate surface area is 248 Å². The molecule has 0 atom stereocenters. The molecule has 0 unspecified atom stereocenters. The minimum absolute atomic E-state index is 0.887. The number of furan rings is 1. The lowest BCUT2D eigenvalue weighted by molar-refractivity contribution is 0.669. The second kappa shape index (κ2) is 9.37. The van der Waals surface area contributed by atoms with Gasteiger partial charge in [0.05, 0.1) is 22.1 Å². The Morgan fingerprint density at radius 2 is 1.21 bits per heavy atom. The van der Waals surface area contributed by atoms with Gasteiger partial charge in [0, 0.05) is 32.9 Å². The molecule has 0 fully saturated rings. The summed E-state index contributed by atoms with van der Waals surface area (Å²) in [5.74, 6) is 0. The first kappa shape index (κ1) is 23.9. The number of benzene rings is 7. The summed E-state index contributed by atoms with van der Waals surface area (Å²) < 4.78 is 8.51. The first-order chi connectivity index (χ1) is 21.3. The molecule has 0 bridgehead atoms. The third kappa shape index (κ3) is 3.75. The van der Waals surface area contributed by atoms with Crippen LogP contribution in [0.4, 0.5) is 11.4 Å². The average molecular weight is 551 g/mol. The summed E-state index contributed by atoms with van der Waals surface area (Å²) in [6.07, 6.45) is 0. The molecular weight excluding hydrogens is 524 g/mol. The number of para-hydroxylation sites is 2. The van der Waals surface area contributed by atoms with Gasteiger partial charge in [-0.2, -0.15) is 0 Å². The largest absolute Gasteiger partial charge is 0.456 e. The van der Waals surface area contributed by atoms with Crippen LogP contribution in [0.25, 0.3) is 71.3 Å². The molecule has 0 aliphatic rings. The third-order valence-electron chi connectivity index (χ3n) is 8.57. The molecule has 43 heavy (non-hydrogen) atoms. The van der Waals surface area contributed by atoms with Crippen LogP contribution in [0, 0.1) is 0 Å². The molecule has 9 aromatic rings. The molecule has 202 valence electrons. The van der Waals surface area contributed by atoms with Crippen molar-refractivity contribution in [3.8, 4) is 16.8 Å². The highest BCUT2D eigenvalue weighted by Crippen LogP contribution is 2.39. The molecule has 0 spiro atoms. The van der Waals surface area contributed by atoms with E-state index in [0.29, 0.717) is 0 Å². The minimum atomic E-state index is 0.887. The Hall–Kier alpha value is -5.80. The van der Waals surface area contributed by atoms with Crippen molar-refractivity contribution in [2.24, 2.45) is 0 Å². The fourth-order valence-corrected chi connectivity index (χ4v) is 6.58. The van der Waals surface area contributed by atoms with E-state index in [4.69, 9.17) is 4.42 Å². The summed E-state index contributed by atoms with van der Waals surface area (Å²) in [4.78, 5) is 0. The maximum Gasteiger partial charge on any atom is 0.137 e. The number of hydrogen-bond acceptors (Lipinski definition) is 2. The van der Waals surface area contributed by atoms with E-state index in [1.54, 1.807) is 0 Å². The topological polar surface area (TPSA) is 30.1 Å². The Morgan fingerprint density at radius 3 is 2.09 bits per heavy atom. The molecule has 0 aliphatic heterocycles. The number of rotatable bonds is 4. The van der Waals surface area contributed by atoms with Gasteiger partial charge >= 0.3 is 0 Å². The molecule has 7 aromatic carbocycles. The van der Waals surface area contributed by atoms with Crippen LogP contribution in [0.5, 0.6) is 0 Å². The molecule has 0 saturated carbocycles. The first-order valence-corrected chi connectivity index (χ1v) is 14.6. The predicted octanol–water partition coefficient (Wildman–Crippen LogP) is 11.2. The lowest BCUT2D eigenvalue weighted by Crippen LogP contribution is -1.94. The summed E-state index contributed by atoms with van der Waals surface area (Å²) >= 11 is 0. The second-order valence-electron chi connectivity index (χ2n) is 11.1. The Morgan fingerprint density at radius 1 is 0.488 bits per heavy atom. The van der Waals surface area contributed by atoms with Crippen molar-refractivity contribution in [1.29, 1.82) is 0 Å². The van der Waals surface area contributed by atoms with Gasteiger partial charge in [-0.15, -0.1) is 0 Å². The smallest absolute Gasteiger partial charge is 0.137 e. The predicted molar refractivity (Wildman–Crippen MR) is 181 cm³/mol. The van der Waals surface area contributed by atoms with Gasteiger partial charge in [0.15, 0.2) is 0 Å². The van der Waals surface area contributed by atoms with Gasteiger partial charge in [0.25, 0.3) is 0 Å². The standard InChI is InChI=1S/C40H26N2O/c1-2-10-30(11-3-1)42-36-25-28(20-23-32(36)33-24-19-27-9-4-5-12-31(27)40(33)42)26-17-21-29(22-18-26)41-35-14-8-16-38-39(35)34-13-6-7-15-37(34)43-38/h1-25,41H. The summed E-state index contributed by atoms with van der Waals surface area (Å²) in [5, 5.41) is 10.9. The Kier molecular flexibility index (Phi) is 5.20. The van der Waals surface area contributed by atoms with Crippen molar-refractivity contribution in [3.05, 3.63) is 152 Å². The van der Waals surface area contributed by atoms with Gasteiger partial charge < -0.3 is 14.3 Å². The third-order valence-corrected chi connectivity index (χ3v) is 8.57. The van der Waals surface area contributed by atoms with E-state index < -0.39 is 0 Å². The van der Waals surface area contributed by atoms with Crippen molar-refractivity contribution < 1.29 is 4.42 Å². The molecule has 3 nitrogen and oxygen atoms in total. The number of nitrogens with zero attached hydrogens (tertiary/aromatic N) is 1. The summed E-state index contributed by atoms with van der Waals surface area (Å²) in [6, 6.07) is 53.8. The van der Waals surface area contributed by atoms with E-state index in [9.17, 15) is 0 Å². The second-order valence-corrected chi connectivity index (χ2v) is 11.1. The molecule has 0 amide bonds. The SMILES string of the molecule is c1ccc(-n2c3cc(-c4ccc(Nc5cccc6oc7ccccc7c56)cc4)ccc3c3ccc4ccccc4c32)cc1. The van der Waals surface area contributed by atoms with E-state index in [0.717, 1.165) is 39.0 Å². The zero-order chi connectivity index (χ0) is 28.3. The molecule has 2 heterocycles. The normalized spacial score (nSPS) is 11.7. The molecule has 0 radical (unpaired) electrons. The summed E-state index contributed by atoms with van der Waals surface area (Å²) in [7, 11) is 0. The lowest BCUT2D eigenvalue weighted by atomic mass is 10.0. The van der Waals surface area contributed by atoms with Crippen LogP contribution >= 0.6 is 0 Å². The van der Waals surface area contributed by atoms with E-state index in [2.05, 4.69) is 137 Å². The van der Waals surface area contributed by atoms with Crippen molar-refractivity contribution in [1.82, 2.24) is 4.57 Å². The first-order valence-electron chi connectivity index (χ1n) is 14.6. The minimum Gasteiger partial charge on any atom is -0.456 e. The molecule has 2 aromatic heterocycles. The van der Waals surface area contributed by atoms with Crippen molar-refractivity contribution in [3.63, 3.8) is 0 Å². The van der Waals surface area contributed by atoms with Crippen LogP contribution < -0.4 is 5.32 Å². The summed E-state index contributed by atoms with van der Waals surface area (Å²) in [5.41, 5.74) is 9.84. The highest BCUT2D eigenvalue weighted by atomic mass is 16.3. The zero-order valence-electron chi connectivity index (χ0n) is 23.3. The van der Waals surface area contributed by atoms with Crippen LogP contribution in [0.15, 0.2) is 156 Å². The lowest BCUT2D eigenvalue weighted by Gasteiger charge is -2.11. The molecule has 9 rings (SSSR count). The Bertz CT molecular complexity index is 2470. The quantitative estimate of drug-likeness (QED) is 0.236. The Balaban J connectivity index is 1.15. The van der Waals surface area contributed by atoms with Crippen molar-refractivity contribution >= 4 is 65.9 Å². The number of nitrogens with one attached hydrogen (secondary N) is 1. The van der Waals surface area contributed by atoms with Gasteiger partial charge in [-0.25, -0.2) is 0 Å². The molecule has 1 N–H and O–H groups in total. The van der Waals surface area contributed by atoms with E-state index in [1.165, 1.54) is 43.7 Å². The maximum absolute atomic E-state index is 6.09. The van der Waals surface area contributed by atoms with Crippen LogP contribution in [0.2, 0.25) is 0 Å². The monoisotopic (exact) mass is 550 g/mol. The number of anilines is 2. The molecule has 0 saturated heterocycles. The van der Waals surface area contributed by atoms with E-state index in [1.807, 2.05) is 24.3 Å². The van der Waals surface area contributed by atoms with Crippen molar-refractivity contribution in [2.75, 3.05) is 5.32 Å². The van der Waals surface area contributed by atoms with Gasteiger partial charge in [-0.05, 0) is 65.0 Å². The van der Waals surface area contributed by atoms with E-state index in [-0.39, 0.29) is 0 Å². The fourth-order valence-electron chi connectivity index (χ4n) is 6.58. The maximum atomic E-state index is 6.09. The highest BCUT2D eigenvalue weighted by molar-refractivity contribution is 6.19. The van der Waals surface area contributed by atoms with Gasteiger partial charge in [0.1, 0.15) is 11.2 Å². The van der Waals surface area contributed by atoms with Crippen LogP contribution in [0.3, 0.4) is 0 Å². The van der Waals surface area contributed by atoms with Gasteiger partial charge in [0.2, 0.25) is 0 Å². The number of aromatic nitrogens is 1. The fraction of sp³-hybridized carbons (Fsp3) is 0. The highest BCUT2D eigenvalue weighted by Gasteiger charge is 2.16. The average Bonchev–Trinajstić information content (AvgIpc) is 3.62. The molecular formula is C40H26N2O. The number of hydrogen-bond donors (Lipinski definition) is 1. The van der Waals surface area contributed by atoms with Crippen LogP contribution in [-0.2, 0) is 0 Å². The van der Waals surface area contributed by atoms with Gasteiger partial charge in [-0.3, -0.25) is 0 Å². The molecule has 0 aliphatic carbocycles. The number of fused-ring (bicyclic) bond motifs is 8. The van der Waals surface area contributed by atoms with Gasteiger partial charge in [-0.1, -0.05) is 103 Å². The van der Waals surface area contributed by atoms with Crippen LogP contribution in [-0.4, -0.2) is 4.57 Å². The molecule has 3 heteroatoms. The van der Waals surface area contributed by atoms with E-state index >= 15 is 0 Å². The van der Waals surface area contributed by atoms with Crippen LogP contribution in [0.1, 0.15) is 0 Å². The van der Waals surface area contributed by atoms with Crippen molar-refractivity contribution in [2.45, 2.75) is 0 Å². The zero-order valence-corrected chi connectivity index (χ0v) is 23.3. The summed E-state index contributed by atoms with van der Waals surface area (Å²) in [6.45, 7) is 0.